The Balaban J connectivity index is 1.15. The van der Waals surface area contributed by atoms with Crippen LogP contribution in [0.5, 0.6) is 0 Å². The molecule has 2 fully saturated rings. The van der Waals surface area contributed by atoms with Crippen molar-refractivity contribution in [2.75, 3.05) is 44.3 Å². The molecule has 0 unspecified atom stereocenters. The number of amides is 1. The quantitative estimate of drug-likeness (QED) is 0.612. The molecule has 0 bridgehead atoms. The molecule has 2 aliphatic heterocycles. The molecular weight excluding hydrogens is 426 g/mol. The molecule has 0 saturated carbocycles. The van der Waals surface area contributed by atoms with E-state index in [1.165, 1.54) is 5.56 Å². The first-order valence-corrected chi connectivity index (χ1v) is 12.1. The molecule has 5 rings (SSSR count). The first-order valence-electron chi connectivity index (χ1n) is 12.1. The van der Waals surface area contributed by atoms with E-state index in [0.717, 1.165) is 75.9 Å². The van der Waals surface area contributed by atoms with E-state index < -0.39 is 0 Å². The molecule has 176 valence electrons. The van der Waals surface area contributed by atoms with E-state index in [-0.39, 0.29) is 11.9 Å². The molecule has 3 aromatic rings. The largest absolute Gasteiger partial charge is 0.378 e. The summed E-state index contributed by atoms with van der Waals surface area (Å²) >= 11 is 0. The molecule has 2 saturated heterocycles. The zero-order valence-electron chi connectivity index (χ0n) is 19.4. The maximum atomic E-state index is 12.8. The highest BCUT2D eigenvalue weighted by Crippen LogP contribution is 2.22. The third-order valence-corrected chi connectivity index (χ3v) is 6.60. The molecule has 34 heavy (non-hydrogen) atoms. The van der Waals surface area contributed by atoms with Crippen LogP contribution in [0.1, 0.15) is 28.8 Å². The molecule has 0 spiro atoms. The van der Waals surface area contributed by atoms with Crippen molar-refractivity contribution in [3.8, 4) is 11.3 Å². The maximum absolute atomic E-state index is 12.8. The van der Waals surface area contributed by atoms with Gasteiger partial charge in [-0.3, -0.25) is 9.69 Å². The number of ether oxygens (including phenoxy) is 1. The molecule has 0 radical (unpaired) electrons. The SMILES string of the molecule is O=C(NC1CCN(Cc2ccccc2)CC1)c1ccc(-c2cc(N3CCOCC3)ncn2)cc1. The lowest BCUT2D eigenvalue weighted by atomic mass is 10.0. The first-order chi connectivity index (χ1) is 16.7. The third-order valence-electron chi connectivity index (χ3n) is 6.60. The van der Waals surface area contributed by atoms with E-state index in [0.29, 0.717) is 5.56 Å². The maximum Gasteiger partial charge on any atom is 0.251 e. The molecule has 2 aromatic carbocycles. The smallest absolute Gasteiger partial charge is 0.251 e. The number of likely N-dealkylation sites (tertiary alicyclic amines) is 1. The van der Waals surface area contributed by atoms with Crippen LogP contribution in [0.25, 0.3) is 11.3 Å². The number of morpholine rings is 1. The lowest BCUT2D eigenvalue weighted by molar-refractivity contribution is 0.0909. The van der Waals surface area contributed by atoms with Crippen molar-refractivity contribution in [2.45, 2.75) is 25.4 Å². The minimum Gasteiger partial charge on any atom is -0.378 e. The van der Waals surface area contributed by atoms with Gasteiger partial charge >= 0.3 is 0 Å². The number of aromatic nitrogens is 2. The number of benzene rings is 2. The second kappa shape index (κ2) is 10.8. The Morgan fingerprint density at radius 2 is 1.68 bits per heavy atom. The number of carbonyl (C=O) groups excluding carboxylic acids is 1. The van der Waals surface area contributed by atoms with Crippen molar-refractivity contribution in [2.24, 2.45) is 0 Å². The Morgan fingerprint density at radius 3 is 2.41 bits per heavy atom. The average Bonchev–Trinajstić information content (AvgIpc) is 2.91. The molecule has 0 aliphatic carbocycles. The Kier molecular flexibility index (Phi) is 7.12. The number of anilines is 1. The van der Waals surface area contributed by atoms with Gasteiger partial charge in [-0.25, -0.2) is 9.97 Å². The van der Waals surface area contributed by atoms with E-state index in [4.69, 9.17) is 4.74 Å². The van der Waals surface area contributed by atoms with Gasteiger partial charge in [0, 0.05) is 56.0 Å². The minimum absolute atomic E-state index is 0.00949. The van der Waals surface area contributed by atoms with E-state index in [2.05, 4.69) is 49.4 Å². The molecule has 2 aliphatic rings. The predicted molar refractivity (Wildman–Crippen MR) is 133 cm³/mol. The fourth-order valence-electron chi connectivity index (χ4n) is 4.61. The standard InChI is InChI=1S/C27H31N5O2/c33-27(30-24-10-12-31(13-11-24)19-21-4-2-1-3-5-21)23-8-6-22(7-9-23)25-18-26(29-20-28-25)32-14-16-34-17-15-32/h1-9,18,20,24H,10-17,19H2,(H,30,33). The van der Waals surface area contributed by atoms with Crippen molar-refractivity contribution in [1.82, 2.24) is 20.2 Å². The summed E-state index contributed by atoms with van der Waals surface area (Å²) in [5.41, 5.74) is 3.85. The highest BCUT2D eigenvalue weighted by molar-refractivity contribution is 5.94. The van der Waals surface area contributed by atoms with Crippen LogP contribution in [0.2, 0.25) is 0 Å². The molecule has 7 nitrogen and oxygen atoms in total. The van der Waals surface area contributed by atoms with Crippen molar-refractivity contribution in [1.29, 1.82) is 0 Å². The zero-order chi connectivity index (χ0) is 23.2. The van der Waals surface area contributed by atoms with Crippen LogP contribution >= 0.6 is 0 Å². The molecule has 1 aromatic heterocycles. The molecule has 1 amide bonds. The van der Waals surface area contributed by atoms with E-state index >= 15 is 0 Å². The predicted octanol–water partition coefficient (Wildman–Crippen LogP) is 3.37. The lowest BCUT2D eigenvalue weighted by Crippen LogP contribution is -2.44. The van der Waals surface area contributed by atoms with Crippen LogP contribution < -0.4 is 10.2 Å². The summed E-state index contributed by atoms with van der Waals surface area (Å²) in [6.45, 7) is 6.07. The molecule has 1 N–H and O–H groups in total. The Labute approximate surface area is 200 Å². The van der Waals surface area contributed by atoms with Crippen LogP contribution in [0.3, 0.4) is 0 Å². The van der Waals surface area contributed by atoms with Gasteiger partial charge in [0.05, 0.1) is 18.9 Å². The van der Waals surface area contributed by atoms with Crippen LogP contribution in [-0.4, -0.2) is 66.2 Å². The summed E-state index contributed by atoms with van der Waals surface area (Å²) in [5.74, 6) is 0.901. The van der Waals surface area contributed by atoms with Gasteiger partial charge in [0.1, 0.15) is 12.1 Å². The highest BCUT2D eigenvalue weighted by Gasteiger charge is 2.21. The second-order valence-corrected chi connectivity index (χ2v) is 8.95. The Hall–Kier alpha value is -3.29. The topological polar surface area (TPSA) is 70.6 Å². The lowest BCUT2D eigenvalue weighted by Gasteiger charge is -2.32. The number of rotatable bonds is 6. The number of nitrogens with one attached hydrogen (secondary N) is 1. The zero-order valence-corrected chi connectivity index (χ0v) is 19.4. The van der Waals surface area contributed by atoms with E-state index in [9.17, 15) is 4.79 Å². The van der Waals surface area contributed by atoms with Crippen LogP contribution in [-0.2, 0) is 11.3 Å². The van der Waals surface area contributed by atoms with Crippen molar-refractivity contribution in [3.05, 3.63) is 78.1 Å². The number of carbonyl (C=O) groups is 1. The van der Waals surface area contributed by atoms with Crippen LogP contribution in [0, 0.1) is 0 Å². The normalized spacial score (nSPS) is 17.5. The summed E-state index contributed by atoms with van der Waals surface area (Å²) in [7, 11) is 0. The molecule has 3 heterocycles. The Morgan fingerprint density at radius 1 is 0.941 bits per heavy atom. The minimum atomic E-state index is -0.00949. The fraction of sp³-hybridized carbons (Fsp3) is 0.370. The summed E-state index contributed by atoms with van der Waals surface area (Å²) in [5, 5.41) is 3.22. The fourth-order valence-corrected chi connectivity index (χ4v) is 4.61. The van der Waals surface area contributed by atoms with Crippen LogP contribution in [0.4, 0.5) is 5.82 Å². The average molecular weight is 458 g/mol. The second-order valence-electron chi connectivity index (χ2n) is 8.95. The number of nitrogens with zero attached hydrogens (tertiary/aromatic N) is 4. The van der Waals surface area contributed by atoms with E-state index in [1.54, 1.807) is 6.33 Å². The summed E-state index contributed by atoms with van der Waals surface area (Å²) < 4.78 is 5.43. The Bertz CT molecular complexity index is 1080. The summed E-state index contributed by atoms with van der Waals surface area (Å²) in [6, 6.07) is 20.5. The van der Waals surface area contributed by atoms with Crippen LogP contribution in [0.15, 0.2) is 67.0 Å². The highest BCUT2D eigenvalue weighted by atomic mass is 16.5. The summed E-state index contributed by atoms with van der Waals surface area (Å²) in [6.07, 6.45) is 3.55. The molecule has 7 heteroatoms. The molecule has 0 atom stereocenters. The van der Waals surface area contributed by atoms with Gasteiger partial charge in [-0.2, -0.15) is 0 Å². The third kappa shape index (κ3) is 5.61. The van der Waals surface area contributed by atoms with Gasteiger partial charge in [-0.15, -0.1) is 0 Å². The number of hydrogen-bond donors (Lipinski definition) is 1. The van der Waals surface area contributed by atoms with Gasteiger partial charge < -0.3 is 15.0 Å². The van der Waals surface area contributed by atoms with Crippen molar-refractivity contribution in [3.63, 3.8) is 0 Å². The first kappa shape index (κ1) is 22.5. The van der Waals surface area contributed by atoms with Crippen molar-refractivity contribution >= 4 is 11.7 Å². The van der Waals surface area contributed by atoms with Gasteiger partial charge in [-0.1, -0.05) is 42.5 Å². The van der Waals surface area contributed by atoms with Crippen molar-refractivity contribution < 1.29 is 9.53 Å². The van der Waals surface area contributed by atoms with Gasteiger partial charge in [0.15, 0.2) is 0 Å². The number of piperidine rings is 1. The summed E-state index contributed by atoms with van der Waals surface area (Å²) in [4.78, 5) is 26.3. The monoisotopic (exact) mass is 457 g/mol. The number of hydrogen-bond acceptors (Lipinski definition) is 6. The van der Waals surface area contributed by atoms with Gasteiger partial charge in [-0.05, 0) is 30.5 Å². The van der Waals surface area contributed by atoms with Gasteiger partial charge in [0.2, 0.25) is 0 Å². The molecular formula is C27H31N5O2. The van der Waals surface area contributed by atoms with E-state index in [1.807, 2.05) is 36.4 Å². The van der Waals surface area contributed by atoms with Gasteiger partial charge in [0.25, 0.3) is 5.91 Å².